The van der Waals surface area contributed by atoms with Crippen molar-refractivity contribution in [3.05, 3.63) is 88.4 Å². The number of rotatable bonds is 11. The summed E-state index contributed by atoms with van der Waals surface area (Å²) in [5.74, 6) is 2.26. The Morgan fingerprint density at radius 1 is 1.00 bits per heavy atom. The van der Waals surface area contributed by atoms with Crippen molar-refractivity contribution in [3.8, 4) is 17.2 Å². The summed E-state index contributed by atoms with van der Waals surface area (Å²) in [5, 5.41) is 16.3. The number of methoxy groups -OCH3 is 1. The number of nitrogens with zero attached hydrogens (tertiary/aromatic N) is 4. The number of thioether (sulfide) groups is 1. The largest absolute Gasteiger partial charge is 0.493 e. The lowest BCUT2D eigenvalue weighted by atomic mass is 10.1. The molecule has 0 radical (unpaired) electrons. The Kier molecular flexibility index (Phi) is 8.35. The topological polar surface area (TPSA) is 74.1 Å². The van der Waals surface area contributed by atoms with Crippen LogP contribution >= 0.6 is 27.7 Å². The molecule has 0 aliphatic rings. The van der Waals surface area contributed by atoms with E-state index in [0.717, 1.165) is 44.5 Å². The number of aromatic nitrogens is 4. The van der Waals surface area contributed by atoms with Crippen molar-refractivity contribution in [1.82, 2.24) is 25.5 Å². The van der Waals surface area contributed by atoms with Crippen LogP contribution in [0, 0.1) is 0 Å². The van der Waals surface area contributed by atoms with Crippen molar-refractivity contribution < 1.29 is 9.47 Å². The van der Waals surface area contributed by atoms with Gasteiger partial charge in [0, 0.05) is 28.9 Å². The van der Waals surface area contributed by atoms with Crippen molar-refractivity contribution in [3.63, 3.8) is 0 Å². The summed E-state index contributed by atoms with van der Waals surface area (Å²) >= 11 is 5.27. The first-order valence-electron chi connectivity index (χ1n) is 10.5. The molecule has 0 unspecified atom stereocenters. The van der Waals surface area contributed by atoms with Gasteiger partial charge in [-0.3, -0.25) is 0 Å². The number of para-hydroxylation sites is 1. The van der Waals surface area contributed by atoms with Crippen LogP contribution in [0.3, 0.4) is 0 Å². The standard InChI is InChI=1S/C24H24BrN5O2S/c1-31-22-13-12-21(25)20(23(22)32-17-18-8-4-2-5-9-18)16-26-14-15-33-24-27-28-29-30(24)19-10-6-3-7-11-19/h2-13,26H,14-17H2,1H3. The molecule has 0 fully saturated rings. The van der Waals surface area contributed by atoms with Gasteiger partial charge in [-0.15, -0.1) is 5.10 Å². The van der Waals surface area contributed by atoms with E-state index in [4.69, 9.17) is 9.47 Å². The zero-order valence-electron chi connectivity index (χ0n) is 18.1. The van der Waals surface area contributed by atoms with Crippen LogP contribution in [-0.2, 0) is 13.2 Å². The zero-order valence-corrected chi connectivity index (χ0v) is 20.6. The molecule has 1 aromatic heterocycles. The normalized spacial score (nSPS) is 10.8. The van der Waals surface area contributed by atoms with Gasteiger partial charge in [0.25, 0.3) is 0 Å². The van der Waals surface area contributed by atoms with E-state index in [1.807, 2.05) is 72.8 Å². The first-order valence-corrected chi connectivity index (χ1v) is 12.2. The average molecular weight is 526 g/mol. The number of halogens is 1. The monoisotopic (exact) mass is 525 g/mol. The Bertz CT molecular complexity index is 1160. The fourth-order valence-electron chi connectivity index (χ4n) is 3.22. The third-order valence-electron chi connectivity index (χ3n) is 4.87. The van der Waals surface area contributed by atoms with Gasteiger partial charge in [-0.25, -0.2) is 0 Å². The lowest BCUT2D eigenvalue weighted by molar-refractivity contribution is 0.280. The summed E-state index contributed by atoms with van der Waals surface area (Å²) in [6, 6.07) is 23.9. The average Bonchev–Trinajstić information content (AvgIpc) is 3.33. The highest BCUT2D eigenvalue weighted by atomic mass is 79.9. The molecule has 170 valence electrons. The first-order chi connectivity index (χ1) is 16.3. The van der Waals surface area contributed by atoms with Crippen molar-refractivity contribution in [2.45, 2.75) is 18.3 Å². The third-order valence-corrected chi connectivity index (χ3v) is 6.53. The molecule has 4 aromatic rings. The Balaban J connectivity index is 1.35. The van der Waals surface area contributed by atoms with E-state index in [1.165, 1.54) is 0 Å². The third kappa shape index (κ3) is 6.13. The highest BCUT2D eigenvalue weighted by molar-refractivity contribution is 9.10. The van der Waals surface area contributed by atoms with Gasteiger partial charge in [-0.05, 0) is 40.3 Å². The molecule has 1 N–H and O–H groups in total. The fraction of sp³-hybridized carbons (Fsp3) is 0.208. The second kappa shape index (κ2) is 11.8. The van der Waals surface area contributed by atoms with E-state index < -0.39 is 0 Å². The Morgan fingerprint density at radius 3 is 2.52 bits per heavy atom. The molecule has 0 saturated heterocycles. The highest BCUT2D eigenvalue weighted by Crippen LogP contribution is 2.36. The van der Waals surface area contributed by atoms with Crippen LogP contribution < -0.4 is 14.8 Å². The molecule has 4 rings (SSSR count). The summed E-state index contributed by atoms with van der Waals surface area (Å²) in [7, 11) is 1.66. The predicted molar refractivity (Wildman–Crippen MR) is 133 cm³/mol. The maximum atomic E-state index is 6.18. The molecule has 0 atom stereocenters. The molecule has 3 aromatic carbocycles. The van der Waals surface area contributed by atoms with Gasteiger partial charge in [-0.1, -0.05) is 76.2 Å². The molecule has 0 aliphatic heterocycles. The van der Waals surface area contributed by atoms with Gasteiger partial charge in [0.05, 0.1) is 12.8 Å². The maximum absolute atomic E-state index is 6.18. The Morgan fingerprint density at radius 2 is 1.76 bits per heavy atom. The predicted octanol–water partition coefficient (Wildman–Crippen LogP) is 4.89. The number of benzene rings is 3. The number of hydrogen-bond donors (Lipinski definition) is 1. The molecule has 7 nitrogen and oxygen atoms in total. The zero-order chi connectivity index (χ0) is 22.9. The van der Waals surface area contributed by atoms with Crippen molar-refractivity contribution >= 4 is 27.7 Å². The minimum atomic E-state index is 0.471. The summed E-state index contributed by atoms with van der Waals surface area (Å²) in [5.41, 5.74) is 3.06. The molecule has 1 heterocycles. The van der Waals surface area contributed by atoms with E-state index >= 15 is 0 Å². The molecule has 0 spiro atoms. The Labute approximate surface area is 205 Å². The molecule has 33 heavy (non-hydrogen) atoms. The van der Waals surface area contributed by atoms with Gasteiger partial charge >= 0.3 is 0 Å². The van der Waals surface area contributed by atoms with Gasteiger partial charge in [0.1, 0.15) is 6.61 Å². The van der Waals surface area contributed by atoms with Crippen LogP contribution in [0.5, 0.6) is 11.5 Å². The molecule has 0 amide bonds. The van der Waals surface area contributed by atoms with Crippen molar-refractivity contribution in [2.24, 2.45) is 0 Å². The van der Waals surface area contributed by atoms with Gasteiger partial charge in [0.2, 0.25) is 5.16 Å². The molecule has 0 aliphatic carbocycles. The smallest absolute Gasteiger partial charge is 0.214 e. The molecule has 9 heteroatoms. The van der Waals surface area contributed by atoms with Crippen LogP contribution in [0.2, 0.25) is 0 Å². The number of tetrazole rings is 1. The van der Waals surface area contributed by atoms with Crippen LogP contribution in [-0.4, -0.2) is 39.6 Å². The number of hydrogen-bond acceptors (Lipinski definition) is 7. The number of ether oxygens (including phenoxy) is 2. The van der Waals surface area contributed by atoms with Crippen molar-refractivity contribution in [2.75, 3.05) is 19.4 Å². The Hall–Kier alpha value is -2.88. The molecule has 0 saturated carbocycles. The van der Waals surface area contributed by atoms with Gasteiger partial charge in [0.15, 0.2) is 11.5 Å². The summed E-state index contributed by atoms with van der Waals surface area (Å²) in [6.07, 6.45) is 0. The van der Waals surface area contributed by atoms with E-state index in [1.54, 1.807) is 23.6 Å². The van der Waals surface area contributed by atoms with Crippen LogP contribution in [0.4, 0.5) is 0 Å². The van der Waals surface area contributed by atoms with E-state index in [-0.39, 0.29) is 0 Å². The second-order valence-corrected chi connectivity index (χ2v) is 8.98. The van der Waals surface area contributed by atoms with E-state index in [9.17, 15) is 0 Å². The van der Waals surface area contributed by atoms with Gasteiger partial charge < -0.3 is 14.8 Å². The lowest BCUT2D eigenvalue weighted by Gasteiger charge is -2.17. The van der Waals surface area contributed by atoms with E-state index in [2.05, 4.69) is 36.8 Å². The van der Waals surface area contributed by atoms with Crippen LogP contribution in [0.15, 0.2) is 82.4 Å². The summed E-state index contributed by atoms with van der Waals surface area (Å²) < 4.78 is 14.5. The number of nitrogens with one attached hydrogen (secondary N) is 1. The second-order valence-electron chi connectivity index (χ2n) is 7.07. The quantitative estimate of drug-likeness (QED) is 0.220. The minimum absolute atomic E-state index is 0.471. The van der Waals surface area contributed by atoms with Gasteiger partial charge in [-0.2, -0.15) is 4.68 Å². The highest BCUT2D eigenvalue weighted by Gasteiger charge is 2.15. The summed E-state index contributed by atoms with van der Waals surface area (Å²) in [4.78, 5) is 0. The first kappa shape index (κ1) is 23.3. The molecule has 0 bridgehead atoms. The minimum Gasteiger partial charge on any atom is -0.493 e. The van der Waals surface area contributed by atoms with Crippen molar-refractivity contribution in [1.29, 1.82) is 0 Å². The van der Waals surface area contributed by atoms with E-state index in [0.29, 0.717) is 18.9 Å². The summed E-state index contributed by atoms with van der Waals surface area (Å²) in [6.45, 7) is 1.87. The molecular weight excluding hydrogens is 502 g/mol. The van der Waals surface area contributed by atoms with Crippen LogP contribution in [0.1, 0.15) is 11.1 Å². The van der Waals surface area contributed by atoms with Crippen LogP contribution in [0.25, 0.3) is 5.69 Å². The molecular formula is C24H24BrN5O2S. The maximum Gasteiger partial charge on any atom is 0.214 e. The fourth-order valence-corrected chi connectivity index (χ4v) is 4.46. The SMILES string of the molecule is COc1ccc(Br)c(CNCCSc2nnnn2-c2ccccc2)c1OCc1ccccc1. The lowest BCUT2D eigenvalue weighted by Crippen LogP contribution is -2.18.